The zero-order chi connectivity index (χ0) is 37.2. The predicted molar refractivity (Wildman–Crippen MR) is 233 cm³/mol. The second kappa shape index (κ2) is 33.6. The fraction of sp³-hybridized carbons (Fsp3) is 1.00. The molecule has 0 heterocycles. The summed E-state index contributed by atoms with van der Waals surface area (Å²) in [6.07, 6.45) is 53.9. The van der Waals surface area contributed by atoms with Gasteiger partial charge in [-0.1, -0.05) is 261 Å². The summed E-state index contributed by atoms with van der Waals surface area (Å²) in [5, 5.41) is 0. The van der Waals surface area contributed by atoms with Crippen LogP contribution in [0.15, 0.2) is 0 Å². The van der Waals surface area contributed by atoms with Crippen LogP contribution in [0.1, 0.15) is 300 Å². The van der Waals surface area contributed by atoms with Crippen LogP contribution < -0.4 is 0 Å². The molecule has 0 nitrogen and oxygen atoms in total. The maximum Gasteiger partial charge on any atom is -0.0208 e. The van der Waals surface area contributed by atoms with Gasteiger partial charge in [-0.3, -0.25) is 0 Å². The molecule has 0 aromatic carbocycles. The summed E-state index contributed by atoms with van der Waals surface area (Å²) in [7, 11) is 0. The van der Waals surface area contributed by atoms with Gasteiger partial charge < -0.3 is 0 Å². The molecule has 50 heavy (non-hydrogen) atoms. The molecule has 0 aliphatic carbocycles. The molecule has 0 fully saturated rings. The van der Waals surface area contributed by atoms with Crippen molar-refractivity contribution in [3.05, 3.63) is 0 Å². The molecule has 0 aliphatic heterocycles. The minimum absolute atomic E-state index is 0.370. The van der Waals surface area contributed by atoms with Crippen LogP contribution in [0.4, 0.5) is 0 Å². The lowest BCUT2D eigenvalue weighted by molar-refractivity contribution is -0.107. The van der Waals surface area contributed by atoms with Crippen molar-refractivity contribution in [1.29, 1.82) is 0 Å². The van der Waals surface area contributed by atoms with Crippen LogP contribution in [0.5, 0.6) is 0 Å². The van der Waals surface area contributed by atoms with Gasteiger partial charge in [-0.05, 0) is 60.7 Å². The fourth-order valence-electron chi connectivity index (χ4n) is 10.5. The molecule has 3 atom stereocenters. The summed E-state index contributed by atoms with van der Waals surface area (Å²) in [5.41, 5.74) is 1.39. The number of hydrogen-bond acceptors (Lipinski definition) is 0. The van der Waals surface area contributed by atoms with Crippen molar-refractivity contribution in [1.82, 2.24) is 0 Å². The van der Waals surface area contributed by atoms with Crippen LogP contribution in [-0.2, 0) is 0 Å². The third kappa shape index (κ3) is 22.3. The maximum absolute atomic E-state index is 2.69. The van der Waals surface area contributed by atoms with E-state index >= 15 is 0 Å². The molecule has 0 saturated carbocycles. The normalized spacial score (nSPS) is 15.3. The van der Waals surface area contributed by atoms with Crippen molar-refractivity contribution in [3.8, 4) is 0 Å². The molecule has 0 aromatic heterocycles. The Hall–Kier alpha value is 0. The largest absolute Gasteiger partial charge is 0.0654 e. The quantitative estimate of drug-likeness (QED) is 0.0559. The van der Waals surface area contributed by atoms with Crippen LogP contribution in [0, 0.1) is 22.2 Å². The molecular weight excluding hydrogens is 601 g/mol. The molecule has 0 spiro atoms. The smallest absolute Gasteiger partial charge is 0.0208 e. The lowest BCUT2D eigenvalue weighted by atomic mass is 9.44. The zero-order valence-electron chi connectivity index (χ0n) is 37.2. The summed E-state index contributed by atoms with van der Waals surface area (Å²) in [5.74, 6) is 0.847. The van der Waals surface area contributed by atoms with E-state index in [4.69, 9.17) is 0 Å². The van der Waals surface area contributed by atoms with Gasteiger partial charge >= 0.3 is 0 Å². The summed E-state index contributed by atoms with van der Waals surface area (Å²) < 4.78 is 0. The summed E-state index contributed by atoms with van der Waals surface area (Å²) in [6, 6.07) is 0. The first-order valence-corrected chi connectivity index (χ1v) is 24.2. The third-order valence-electron chi connectivity index (χ3n) is 13.3. The Morgan fingerprint density at radius 2 is 0.520 bits per heavy atom. The van der Waals surface area contributed by atoms with Crippen molar-refractivity contribution in [3.63, 3.8) is 0 Å². The molecule has 0 N–H and O–H groups in total. The topological polar surface area (TPSA) is 0 Å². The zero-order valence-corrected chi connectivity index (χ0v) is 37.2. The molecule has 0 rings (SSSR count). The average Bonchev–Trinajstić information content (AvgIpc) is 3.09. The Balaban J connectivity index is 7.06. The third-order valence-corrected chi connectivity index (χ3v) is 13.3. The monoisotopic (exact) mass is 703 g/mol. The highest BCUT2D eigenvalue weighted by Gasteiger charge is 2.55. The first-order valence-electron chi connectivity index (χ1n) is 24.2. The maximum atomic E-state index is 2.69. The molecule has 0 radical (unpaired) electrons. The average molecular weight is 703 g/mol. The van der Waals surface area contributed by atoms with Gasteiger partial charge in [0.05, 0.1) is 0 Å². The van der Waals surface area contributed by atoms with Gasteiger partial charge in [-0.15, -0.1) is 0 Å². The molecule has 3 unspecified atom stereocenters. The molecular formula is C50H102. The lowest BCUT2D eigenvalue weighted by Gasteiger charge is -2.60. The minimum Gasteiger partial charge on any atom is -0.0654 e. The highest BCUT2D eigenvalue weighted by Crippen LogP contribution is 2.64. The first-order chi connectivity index (χ1) is 24.2. The van der Waals surface area contributed by atoms with Crippen LogP contribution in [0.3, 0.4) is 0 Å². The summed E-state index contributed by atoms with van der Waals surface area (Å²) in [6.45, 7) is 22.5. The van der Waals surface area contributed by atoms with Gasteiger partial charge in [0.2, 0.25) is 0 Å². The van der Waals surface area contributed by atoms with Crippen LogP contribution in [-0.4, -0.2) is 0 Å². The Morgan fingerprint density at radius 1 is 0.280 bits per heavy atom. The number of rotatable bonds is 39. The van der Waals surface area contributed by atoms with Gasteiger partial charge in [0.15, 0.2) is 0 Å². The van der Waals surface area contributed by atoms with Crippen LogP contribution in [0.25, 0.3) is 0 Å². The summed E-state index contributed by atoms with van der Waals surface area (Å²) >= 11 is 0. The second-order valence-corrected chi connectivity index (χ2v) is 18.7. The van der Waals surface area contributed by atoms with E-state index in [1.54, 1.807) is 0 Å². The van der Waals surface area contributed by atoms with Crippen LogP contribution >= 0.6 is 0 Å². The van der Waals surface area contributed by atoms with Crippen molar-refractivity contribution >= 4 is 0 Å². The lowest BCUT2D eigenvalue weighted by Crippen LogP contribution is -2.51. The molecule has 0 amide bonds. The molecule has 0 heteroatoms. The highest BCUT2D eigenvalue weighted by atomic mass is 14.6. The first kappa shape index (κ1) is 50.0. The van der Waals surface area contributed by atoms with E-state index < -0.39 is 0 Å². The van der Waals surface area contributed by atoms with Gasteiger partial charge in [0.1, 0.15) is 0 Å². The van der Waals surface area contributed by atoms with Gasteiger partial charge in [0.25, 0.3) is 0 Å². The van der Waals surface area contributed by atoms with E-state index in [1.807, 2.05) is 0 Å². The Kier molecular flexibility index (Phi) is 33.6. The van der Waals surface area contributed by atoms with Crippen LogP contribution in [0.2, 0.25) is 0 Å². The van der Waals surface area contributed by atoms with E-state index in [0.717, 1.165) is 5.92 Å². The number of hydrogen-bond donors (Lipinski definition) is 0. The van der Waals surface area contributed by atoms with Gasteiger partial charge in [-0.25, -0.2) is 0 Å². The van der Waals surface area contributed by atoms with E-state index in [2.05, 4.69) is 62.3 Å². The molecule has 0 aromatic rings. The van der Waals surface area contributed by atoms with E-state index in [9.17, 15) is 0 Å². The van der Waals surface area contributed by atoms with E-state index in [1.165, 1.54) is 238 Å². The molecule has 302 valence electrons. The van der Waals surface area contributed by atoms with Gasteiger partial charge in [-0.2, -0.15) is 0 Å². The van der Waals surface area contributed by atoms with Crippen molar-refractivity contribution < 1.29 is 0 Å². The van der Waals surface area contributed by atoms with Crippen molar-refractivity contribution in [2.75, 3.05) is 0 Å². The standard InChI is InChI=1S/C50H102/c1-10-16-22-27-30-34-39-44-49(42-37-32-25-19-13-4,43-38-33-29-24-18-12-3)50(45-36-21-15-6,46-40-26-20-14-5)47(48(7,8)9)41-35-31-28-23-17-11-2/h47H,10-46H2,1-9H3. The molecule has 0 aliphatic rings. The van der Waals surface area contributed by atoms with E-state index in [-0.39, 0.29) is 0 Å². The predicted octanol–water partition coefficient (Wildman–Crippen LogP) is 19.2. The summed E-state index contributed by atoms with van der Waals surface area (Å²) in [4.78, 5) is 0. The Labute approximate surface area is 321 Å². The Bertz CT molecular complexity index is 670. The minimum atomic E-state index is 0.370. The highest BCUT2D eigenvalue weighted by molar-refractivity contribution is 5.04. The Morgan fingerprint density at radius 3 is 0.860 bits per heavy atom. The fourth-order valence-corrected chi connectivity index (χ4v) is 10.5. The SMILES string of the molecule is CCCCCCCCCC(CCCCCCC)(CCCCCCCC)C(CCCCC)(CCCCCC)C(CCCCCCCC)C(C)(C)C. The molecule has 0 saturated heterocycles. The second-order valence-electron chi connectivity index (χ2n) is 18.7. The molecule has 0 bridgehead atoms. The van der Waals surface area contributed by atoms with Gasteiger partial charge in [0, 0.05) is 0 Å². The number of unbranched alkanes of at least 4 members (excludes halogenated alkanes) is 25. The van der Waals surface area contributed by atoms with Crippen molar-refractivity contribution in [2.24, 2.45) is 22.2 Å². The van der Waals surface area contributed by atoms with Crippen molar-refractivity contribution in [2.45, 2.75) is 300 Å². The van der Waals surface area contributed by atoms with E-state index in [0.29, 0.717) is 16.2 Å².